The molecule has 0 saturated carbocycles. The van der Waals surface area contributed by atoms with Crippen molar-refractivity contribution in [2.45, 2.75) is 52.6 Å². The second-order valence-corrected chi connectivity index (χ2v) is 5.33. The number of carbonyl (C=O) groups is 2. The van der Waals surface area contributed by atoms with E-state index in [9.17, 15) is 9.59 Å². The molecule has 0 aliphatic rings. The van der Waals surface area contributed by atoms with E-state index in [4.69, 9.17) is 11.5 Å². The Bertz CT molecular complexity index is 264. The molecule has 2 atom stereocenters. The predicted octanol–water partition coefficient (Wildman–Crippen LogP) is 0.376. The number of carbonyl (C=O) groups excluding carboxylic acids is 2. The summed E-state index contributed by atoms with van der Waals surface area (Å²) < 4.78 is 0. The molecule has 0 saturated heterocycles. The molecule has 0 aromatic rings. The van der Waals surface area contributed by atoms with Crippen molar-refractivity contribution in [3.05, 3.63) is 0 Å². The maximum absolute atomic E-state index is 11.7. The first-order valence-electron chi connectivity index (χ1n) is 6.09. The topological polar surface area (TPSA) is 98.2 Å². The van der Waals surface area contributed by atoms with Crippen LogP contribution in [0.5, 0.6) is 0 Å². The number of nitrogens with two attached hydrogens (primary N) is 2. The van der Waals surface area contributed by atoms with Crippen LogP contribution in [-0.2, 0) is 9.59 Å². The van der Waals surface area contributed by atoms with Gasteiger partial charge in [-0.3, -0.25) is 9.59 Å². The molecule has 0 aliphatic carbocycles. The van der Waals surface area contributed by atoms with Crippen LogP contribution in [0.3, 0.4) is 0 Å². The van der Waals surface area contributed by atoms with Crippen LogP contribution >= 0.6 is 0 Å². The van der Waals surface area contributed by atoms with E-state index in [0.717, 1.165) is 0 Å². The third-order valence-electron chi connectivity index (χ3n) is 2.43. The Hall–Kier alpha value is -1.10. The van der Waals surface area contributed by atoms with Crippen molar-refractivity contribution < 1.29 is 9.59 Å². The van der Waals surface area contributed by atoms with Gasteiger partial charge in [-0.05, 0) is 24.7 Å². The maximum atomic E-state index is 11.7. The molecule has 0 rings (SSSR count). The minimum absolute atomic E-state index is 0.286. The van der Waals surface area contributed by atoms with Gasteiger partial charge in [0.25, 0.3) is 0 Å². The average molecular weight is 243 g/mol. The summed E-state index contributed by atoms with van der Waals surface area (Å²) in [7, 11) is 0. The van der Waals surface area contributed by atoms with Crippen LogP contribution in [0.1, 0.15) is 40.5 Å². The Morgan fingerprint density at radius 2 is 1.53 bits per heavy atom. The fraction of sp³-hybridized carbons (Fsp3) is 0.833. The molecule has 0 heterocycles. The molecule has 5 nitrogen and oxygen atoms in total. The zero-order chi connectivity index (χ0) is 13.6. The standard InChI is InChI=1S/C12H25N3O2/c1-7(2)5-9(13)12(17)15-10(11(14)16)6-8(3)4/h7-10H,5-6,13H2,1-4H3,(H2,14,16)(H,15,17)/t9-,10+/m1/s1. The van der Waals surface area contributed by atoms with Crippen molar-refractivity contribution in [1.82, 2.24) is 5.32 Å². The highest BCUT2D eigenvalue weighted by Crippen LogP contribution is 2.06. The summed E-state index contributed by atoms with van der Waals surface area (Å²) in [4.78, 5) is 22.9. The van der Waals surface area contributed by atoms with Gasteiger partial charge < -0.3 is 16.8 Å². The van der Waals surface area contributed by atoms with E-state index >= 15 is 0 Å². The summed E-state index contributed by atoms with van der Waals surface area (Å²) in [5.41, 5.74) is 11.0. The molecule has 0 aliphatic heterocycles. The first-order valence-corrected chi connectivity index (χ1v) is 6.09. The molecule has 5 N–H and O–H groups in total. The molecule has 100 valence electrons. The van der Waals surface area contributed by atoms with Gasteiger partial charge >= 0.3 is 0 Å². The predicted molar refractivity (Wildman–Crippen MR) is 68.0 cm³/mol. The molecule has 0 radical (unpaired) electrons. The number of rotatable bonds is 7. The lowest BCUT2D eigenvalue weighted by Gasteiger charge is -2.20. The van der Waals surface area contributed by atoms with E-state index in [1.165, 1.54) is 0 Å². The minimum Gasteiger partial charge on any atom is -0.368 e. The fourth-order valence-electron chi connectivity index (χ4n) is 1.61. The second-order valence-electron chi connectivity index (χ2n) is 5.33. The third kappa shape index (κ3) is 6.94. The fourth-order valence-corrected chi connectivity index (χ4v) is 1.61. The maximum Gasteiger partial charge on any atom is 0.240 e. The van der Waals surface area contributed by atoms with Gasteiger partial charge in [0.2, 0.25) is 11.8 Å². The SMILES string of the molecule is CC(C)C[C@@H](N)C(=O)N[C@@H](CC(C)C)C(N)=O. The normalized spacial score (nSPS) is 14.8. The molecular weight excluding hydrogens is 218 g/mol. The average Bonchev–Trinajstić information content (AvgIpc) is 2.14. The number of hydrogen-bond donors (Lipinski definition) is 3. The van der Waals surface area contributed by atoms with Crippen LogP contribution in [0.4, 0.5) is 0 Å². The molecule has 0 unspecified atom stereocenters. The van der Waals surface area contributed by atoms with E-state index in [-0.39, 0.29) is 11.8 Å². The molecule has 0 fully saturated rings. The molecular formula is C12H25N3O2. The Kier molecular flexibility index (Phi) is 6.80. The first-order chi connectivity index (χ1) is 7.73. The summed E-state index contributed by atoms with van der Waals surface area (Å²) in [6, 6.07) is -1.20. The second kappa shape index (κ2) is 7.27. The Morgan fingerprint density at radius 1 is 1.06 bits per heavy atom. The number of nitrogens with one attached hydrogen (secondary N) is 1. The summed E-state index contributed by atoms with van der Waals surface area (Å²) in [6.07, 6.45) is 1.13. The molecule has 17 heavy (non-hydrogen) atoms. The van der Waals surface area contributed by atoms with Gasteiger partial charge in [-0.25, -0.2) is 0 Å². The quantitative estimate of drug-likeness (QED) is 0.602. The summed E-state index contributed by atoms with van der Waals surface area (Å²) in [6.45, 7) is 7.92. The van der Waals surface area contributed by atoms with E-state index in [0.29, 0.717) is 18.8 Å². The zero-order valence-electron chi connectivity index (χ0n) is 11.2. The molecule has 0 aromatic carbocycles. The van der Waals surface area contributed by atoms with E-state index in [1.807, 2.05) is 27.7 Å². The summed E-state index contributed by atoms with van der Waals surface area (Å²) >= 11 is 0. The molecule has 0 bridgehead atoms. The number of primary amides is 1. The first kappa shape index (κ1) is 15.9. The Balaban J connectivity index is 4.35. The highest BCUT2D eigenvalue weighted by molar-refractivity contribution is 5.88. The van der Waals surface area contributed by atoms with Crippen LogP contribution in [0.2, 0.25) is 0 Å². The monoisotopic (exact) mass is 243 g/mol. The van der Waals surface area contributed by atoms with Crippen LogP contribution in [0, 0.1) is 11.8 Å². The van der Waals surface area contributed by atoms with Crippen LogP contribution in [0.25, 0.3) is 0 Å². The van der Waals surface area contributed by atoms with Gasteiger partial charge in [-0.2, -0.15) is 0 Å². The van der Waals surface area contributed by atoms with E-state index in [2.05, 4.69) is 5.32 Å². The smallest absolute Gasteiger partial charge is 0.240 e. The van der Waals surface area contributed by atoms with E-state index in [1.54, 1.807) is 0 Å². The lowest BCUT2D eigenvalue weighted by atomic mass is 10.0. The minimum atomic E-state index is -0.624. The van der Waals surface area contributed by atoms with Gasteiger partial charge in [0.1, 0.15) is 6.04 Å². The summed E-state index contributed by atoms with van der Waals surface area (Å²) in [5.74, 6) is -0.186. The van der Waals surface area contributed by atoms with Gasteiger partial charge in [0.15, 0.2) is 0 Å². The lowest BCUT2D eigenvalue weighted by molar-refractivity contribution is -0.128. The van der Waals surface area contributed by atoms with Crippen molar-refractivity contribution in [3.8, 4) is 0 Å². The summed E-state index contributed by atoms with van der Waals surface area (Å²) in [5, 5.41) is 2.61. The van der Waals surface area contributed by atoms with Crippen molar-refractivity contribution in [2.75, 3.05) is 0 Å². The molecule has 5 heteroatoms. The molecule has 0 spiro atoms. The number of amides is 2. The van der Waals surface area contributed by atoms with Crippen LogP contribution in [0.15, 0.2) is 0 Å². The van der Waals surface area contributed by atoms with E-state index < -0.39 is 18.0 Å². The van der Waals surface area contributed by atoms with Crippen molar-refractivity contribution in [3.63, 3.8) is 0 Å². The lowest BCUT2D eigenvalue weighted by Crippen LogP contribution is -2.51. The largest absolute Gasteiger partial charge is 0.368 e. The molecule has 2 amide bonds. The van der Waals surface area contributed by atoms with Gasteiger partial charge in [-0.15, -0.1) is 0 Å². The van der Waals surface area contributed by atoms with Crippen molar-refractivity contribution in [2.24, 2.45) is 23.3 Å². The highest BCUT2D eigenvalue weighted by Gasteiger charge is 2.22. The zero-order valence-corrected chi connectivity index (χ0v) is 11.2. The Morgan fingerprint density at radius 3 is 1.88 bits per heavy atom. The highest BCUT2D eigenvalue weighted by atomic mass is 16.2. The van der Waals surface area contributed by atoms with Crippen molar-refractivity contribution in [1.29, 1.82) is 0 Å². The third-order valence-corrected chi connectivity index (χ3v) is 2.43. The van der Waals surface area contributed by atoms with Crippen LogP contribution < -0.4 is 16.8 Å². The van der Waals surface area contributed by atoms with Gasteiger partial charge in [-0.1, -0.05) is 27.7 Å². The Labute approximate surface area is 103 Å². The molecule has 0 aromatic heterocycles. The van der Waals surface area contributed by atoms with Crippen molar-refractivity contribution >= 4 is 11.8 Å². The van der Waals surface area contributed by atoms with Gasteiger partial charge in [0.05, 0.1) is 6.04 Å². The number of hydrogen-bond acceptors (Lipinski definition) is 3. The van der Waals surface area contributed by atoms with Gasteiger partial charge in [0, 0.05) is 0 Å². The van der Waals surface area contributed by atoms with Crippen LogP contribution in [-0.4, -0.2) is 23.9 Å².